The SMILES string of the molecule is COc1cccc(C(N)c2cccc(F)c2F)c1F. The van der Waals surface area contributed by atoms with Crippen LogP contribution in [0.1, 0.15) is 17.2 Å². The molecule has 0 saturated carbocycles. The molecular weight excluding hydrogens is 255 g/mol. The first-order valence-electron chi connectivity index (χ1n) is 5.58. The van der Waals surface area contributed by atoms with Crippen LogP contribution in [0.25, 0.3) is 0 Å². The molecule has 100 valence electrons. The zero-order valence-corrected chi connectivity index (χ0v) is 10.2. The molecule has 0 heterocycles. The minimum absolute atomic E-state index is 0.00441. The van der Waals surface area contributed by atoms with Crippen LogP contribution in [0, 0.1) is 17.5 Å². The highest BCUT2D eigenvalue weighted by atomic mass is 19.2. The van der Waals surface area contributed by atoms with Gasteiger partial charge in [-0.15, -0.1) is 0 Å². The van der Waals surface area contributed by atoms with E-state index in [1.807, 2.05) is 0 Å². The second-order valence-electron chi connectivity index (χ2n) is 3.98. The van der Waals surface area contributed by atoms with Crippen molar-refractivity contribution in [1.29, 1.82) is 0 Å². The van der Waals surface area contributed by atoms with Crippen molar-refractivity contribution in [2.24, 2.45) is 5.73 Å². The van der Waals surface area contributed by atoms with Crippen LogP contribution in [-0.2, 0) is 0 Å². The molecule has 0 aliphatic rings. The van der Waals surface area contributed by atoms with E-state index in [1.165, 1.54) is 37.4 Å². The zero-order valence-electron chi connectivity index (χ0n) is 10.2. The van der Waals surface area contributed by atoms with Crippen molar-refractivity contribution in [2.75, 3.05) is 7.11 Å². The Morgan fingerprint density at radius 2 is 1.53 bits per heavy atom. The number of benzene rings is 2. The fourth-order valence-electron chi connectivity index (χ4n) is 1.85. The molecule has 19 heavy (non-hydrogen) atoms. The predicted molar refractivity (Wildman–Crippen MR) is 65.3 cm³/mol. The van der Waals surface area contributed by atoms with Gasteiger partial charge in [-0.1, -0.05) is 24.3 Å². The first-order valence-corrected chi connectivity index (χ1v) is 5.58. The Balaban J connectivity index is 2.50. The van der Waals surface area contributed by atoms with E-state index in [0.29, 0.717) is 0 Å². The van der Waals surface area contributed by atoms with Crippen LogP contribution in [-0.4, -0.2) is 7.11 Å². The van der Waals surface area contributed by atoms with E-state index in [4.69, 9.17) is 10.5 Å². The Labute approximate surface area is 108 Å². The average molecular weight is 267 g/mol. The Kier molecular flexibility index (Phi) is 3.76. The van der Waals surface area contributed by atoms with Gasteiger partial charge in [0.25, 0.3) is 0 Å². The topological polar surface area (TPSA) is 35.2 Å². The highest BCUT2D eigenvalue weighted by molar-refractivity contribution is 5.38. The molecule has 2 rings (SSSR count). The largest absolute Gasteiger partial charge is 0.494 e. The highest BCUT2D eigenvalue weighted by Crippen LogP contribution is 2.29. The van der Waals surface area contributed by atoms with Crippen molar-refractivity contribution < 1.29 is 17.9 Å². The summed E-state index contributed by atoms with van der Waals surface area (Å²) in [4.78, 5) is 0. The van der Waals surface area contributed by atoms with Crippen LogP contribution in [0.3, 0.4) is 0 Å². The third kappa shape index (κ3) is 2.42. The van der Waals surface area contributed by atoms with Crippen LogP contribution in [0.2, 0.25) is 0 Å². The van der Waals surface area contributed by atoms with Gasteiger partial charge in [-0.25, -0.2) is 13.2 Å². The maximum atomic E-state index is 14.0. The van der Waals surface area contributed by atoms with E-state index in [0.717, 1.165) is 6.07 Å². The molecule has 5 heteroatoms. The second kappa shape index (κ2) is 5.32. The maximum Gasteiger partial charge on any atom is 0.170 e. The van der Waals surface area contributed by atoms with Gasteiger partial charge in [0.2, 0.25) is 0 Å². The molecule has 0 amide bonds. The lowest BCUT2D eigenvalue weighted by Gasteiger charge is -2.15. The third-order valence-electron chi connectivity index (χ3n) is 2.86. The van der Waals surface area contributed by atoms with Gasteiger partial charge < -0.3 is 10.5 Å². The van der Waals surface area contributed by atoms with Gasteiger partial charge in [-0.05, 0) is 12.1 Å². The average Bonchev–Trinajstić information content (AvgIpc) is 2.41. The molecule has 1 unspecified atom stereocenters. The van der Waals surface area contributed by atoms with Gasteiger partial charge in [-0.3, -0.25) is 0 Å². The molecule has 0 saturated heterocycles. The number of ether oxygens (including phenoxy) is 1. The molecule has 0 aliphatic heterocycles. The highest BCUT2D eigenvalue weighted by Gasteiger charge is 2.20. The Morgan fingerprint density at radius 3 is 2.16 bits per heavy atom. The molecular formula is C14H12F3NO. The van der Waals surface area contributed by atoms with Crippen LogP contribution in [0.4, 0.5) is 13.2 Å². The van der Waals surface area contributed by atoms with Crippen molar-refractivity contribution in [3.63, 3.8) is 0 Å². The van der Waals surface area contributed by atoms with E-state index < -0.39 is 23.5 Å². The normalized spacial score (nSPS) is 12.3. The lowest BCUT2D eigenvalue weighted by molar-refractivity contribution is 0.383. The Hall–Kier alpha value is -2.01. The lowest BCUT2D eigenvalue weighted by Crippen LogP contribution is -2.16. The minimum Gasteiger partial charge on any atom is -0.494 e. The summed E-state index contributed by atoms with van der Waals surface area (Å²) in [6.07, 6.45) is 0. The summed E-state index contributed by atoms with van der Waals surface area (Å²) in [5.74, 6) is -2.76. The van der Waals surface area contributed by atoms with E-state index in [2.05, 4.69) is 0 Å². The second-order valence-corrected chi connectivity index (χ2v) is 3.98. The number of hydrogen-bond donors (Lipinski definition) is 1. The van der Waals surface area contributed by atoms with Crippen molar-refractivity contribution in [1.82, 2.24) is 0 Å². The Morgan fingerprint density at radius 1 is 0.947 bits per heavy atom. The molecule has 2 nitrogen and oxygen atoms in total. The summed E-state index contributed by atoms with van der Waals surface area (Å²) in [6, 6.07) is 6.89. The van der Waals surface area contributed by atoms with Crippen molar-refractivity contribution in [3.8, 4) is 5.75 Å². The molecule has 0 bridgehead atoms. The van der Waals surface area contributed by atoms with Crippen LogP contribution in [0.5, 0.6) is 5.75 Å². The Bertz CT molecular complexity index is 601. The summed E-state index contributed by atoms with van der Waals surface area (Å²) < 4.78 is 45.6. The summed E-state index contributed by atoms with van der Waals surface area (Å²) >= 11 is 0. The van der Waals surface area contributed by atoms with Crippen molar-refractivity contribution in [3.05, 3.63) is 65.0 Å². The molecule has 0 fully saturated rings. The van der Waals surface area contributed by atoms with Gasteiger partial charge in [0.15, 0.2) is 23.2 Å². The van der Waals surface area contributed by atoms with Crippen molar-refractivity contribution >= 4 is 0 Å². The molecule has 1 atom stereocenters. The summed E-state index contributed by atoms with van der Waals surface area (Å²) in [5, 5.41) is 0. The van der Waals surface area contributed by atoms with Crippen LogP contribution >= 0.6 is 0 Å². The van der Waals surface area contributed by atoms with Crippen LogP contribution in [0.15, 0.2) is 36.4 Å². The lowest BCUT2D eigenvalue weighted by atomic mass is 9.98. The summed E-state index contributed by atoms with van der Waals surface area (Å²) in [6.45, 7) is 0. The fourth-order valence-corrected chi connectivity index (χ4v) is 1.85. The van der Waals surface area contributed by atoms with E-state index in [-0.39, 0.29) is 16.9 Å². The smallest absolute Gasteiger partial charge is 0.170 e. The van der Waals surface area contributed by atoms with E-state index in [1.54, 1.807) is 0 Å². The fraction of sp³-hybridized carbons (Fsp3) is 0.143. The maximum absolute atomic E-state index is 14.0. The van der Waals surface area contributed by atoms with Gasteiger partial charge >= 0.3 is 0 Å². The van der Waals surface area contributed by atoms with Gasteiger partial charge in [0.1, 0.15) is 0 Å². The number of hydrogen-bond acceptors (Lipinski definition) is 2. The standard InChI is InChI=1S/C14H12F3NO/c1-19-11-7-3-5-9(13(11)17)14(18)8-4-2-6-10(15)12(8)16/h2-7,14H,18H2,1H3. The summed E-state index contributed by atoms with van der Waals surface area (Å²) in [5.41, 5.74) is 5.75. The monoisotopic (exact) mass is 267 g/mol. The zero-order chi connectivity index (χ0) is 14.0. The molecule has 2 aromatic rings. The quantitative estimate of drug-likeness (QED) is 0.927. The van der Waals surface area contributed by atoms with Crippen molar-refractivity contribution in [2.45, 2.75) is 6.04 Å². The first kappa shape index (κ1) is 13.4. The minimum atomic E-state index is -1.11. The molecule has 2 aromatic carbocycles. The summed E-state index contributed by atoms with van der Waals surface area (Å²) in [7, 11) is 1.32. The molecule has 2 N–H and O–H groups in total. The molecule has 0 radical (unpaired) electrons. The van der Waals surface area contributed by atoms with Gasteiger partial charge in [0, 0.05) is 11.1 Å². The number of nitrogens with two attached hydrogens (primary N) is 1. The number of methoxy groups -OCH3 is 1. The molecule has 0 aromatic heterocycles. The number of halogens is 3. The number of rotatable bonds is 3. The van der Waals surface area contributed by atoms with E-state index >= 15 is 0 Å². The first-order chi connectivity index (χ1) is 9.06. The van der Waals surface area contributed by atoms with Gasteiger partial charge in [0.05, 0.1) is 13.2 Å². The molecule has 0 spiro atoms. The third-order valence-corrected chi connectivity index (χ3v) is 2.86. The van der Waals surface area contributed by atoms with Gasteiger partial charge in [-0.2, -0.15) is 0 Å². The molecule has 0 aliphatic carbocycles. The van der Waals surface area contributed by atoms with E-state index in [9.17, 15) is 13.2 Å². The van der Waals surface area contributed by atoms with Crippen LogP contribution < -0.4 is 10.5 Å². The predicted octanol–water partition coefficient (Wildman–Crippen LogP) is 3.16.